The zero-order valence-electron chi connectivity index (χ0n) is 10.8. The summed E-state index contributed by atoms with van der Waals surface area (Å²) in [5.41, 5.74) is 2.56. The lowest BCUT2D eigenvalue weighted by molar-refractivity contribution is -0.138. The van der Waals surface area contributed by atoms with Crippen molar-refractivity contribution in [2.75, 3.05) is 0 Å². The van der Waals surface area contributed by atoms with Crippen LogP contribution < -0.4 is 0 Å². The molecule has 3 heteroatoms. The molecule has 1 aromatic carbocycles. The molecule has 1 N–H and O–H groups in total. The number of benzene rings is 1. The molecule has 1 aromatic rings. The van der Waals surface area contributed by atoms with Crippen LogP contribution >= 0.6 is 15.9 Å². The number of aryl methyl sites for hydroxylation is 1. The summed E-state index contributed by atoms with van der Waals surface area (Å²) in [5, 5.41) is 8.96. The fourth-order valence-corrected chi connectivity index (χ4v) is 3.47. The van der Waals surface area contributed by atoms with Gasteiger partial charge in [-0.15, -0.1) is 0 Å². The second-order valence-corrected chi connectivity index (χ2v) is 6.16. The first-order chi connectivity index (χ1) is 8.52. The van der Waals surface area contributed by atoms with Crippen LogP contribution in [0.15, 0.2) is 22.7 Å². The van der Waals surface area contributed by atoms with Gasteiger partial charge in [0.2, 0.25) is 0 Å². The number of carbonyl (C=O) groups is 1. The average molecular weight is 311 g/mol. The van der Waals surface area contributed by atoms with Crippen LogP contribution in [0.3, 0.4) is 0 Å². The minimum atomic E-state index is -0.627. The summed E-state index contributed by atoms with van der Waals surface area (Å²) < 4.78 is 1.15. The van der Waals surface area contributed by atoms with Crippen LogP contribution in [0.1, 0.15) is 43.2 Å². The molecule has 0 spiro atoms. The Morgan fingerprint density at radius 1 is 1.56 bits per heavy atom. The molecule has 0 amide bonds. The van der Waals surface area contributed by atoms with Crippen molar-refractivity contribution in [3.05, 3.63) is 33.8 Å². The number of hydrogen-bond donors (Lipinski definition) is 1. The van der Waals surface area contributed by atoms with Gasteiger partial charge in [0.1, 0.15) is 0 Å². The first-order valence-electron chi connectivity index (χ1n) is 6.51. The van der Waals surface area contributed by atoms with Crippen LogP contribution in [0, 0.1) is 18.8 Å². The van der Waals surface area contributed by atoms with Crippen molar-refractivity contribution in [1.29, 1.82) is 0 Å². The maximum Gasteiger partial charge on any atom is 0.306 e. The van der Waals surface area contributed by atoms with Crippen LogP contribution in [0.25, 0.3) is 0 Å². The number of carboxylic acids is 1. The molecule has 0 aromatic heterocycles. The van der Waals surface area contributed by atoms with Crippen molar-refractivity contribution in [1.82, 2.24) is 0 Å². The number of aliphatic carboxylic acids is 1. The van der Waals surface area contributed by atoms with Gasteiger partial charge < -0.3 is 5.11 Å². The van der Waals surface area contributed by atoms with E-state index in [0.717, 1.165) is 23.7 Å². The molecule has 0 saturated heterocycles. The molecular weight excluding hydrogens is 292 g/mol. The van der Waals surface area contributed by atoms with Gasteiger partial charge in [-0.25, -0.2) is 0 Å². The second kappa shape index (κ2) is 5.43. The normalized spacial score (nSPS) is 23.7. The SMILES string of the molecule is CCC(CC1CC1C(=O)O)c1ccc(C)cc1Br. The van der Waals surface area contributed by atoms with E-state index in [2.05, 4.69) is 48.0 Å². The average Bonchev–Trinajstić information content (AvgIpc) is 3.06. The maximum absolute atomic E-state index is 10.9. The molecule has 0 aliphatic heterocycles. The highest BCUT2D eigenvalue weighted by atomic mass is 79.9. The molecule has 2 rings (SSSR count). The van der Waals surface area contributed by atoms with E-state index in [9.17, 15) is 4.79 Å². The first-order valence-corrected chi connectivity index (χ1v) is 7.31. The minimum absolute atomic E-state index is 0.0942. The third-order valence-electron chi connectivity index (χ3n) is 3.92. The Balaban J connectivity index is 2.07. The number of halogens is 1. The Morgan fingerprint density at radius 2 is 2.28 bits per heavy atom. The van der Waals surface area contributed by atoms with Crippen LogP contribution in [0.4, 0.5) is 0 Å². The molecule has 98 valence electrons. The monoisotopic (exact) mass is 310 g/mol. The highest BCUT2D eigenvalue weighted by molar-refractivity contribution is 9.10. The van der Waals surface area contributed by atoms with Gasteiger partial charge in [0, 0.05) is 4.47 Å². The van der Waals surface area contributed by atoms with E-state index >= 15 is 0 Å². The minimum Gasteiger partial charge on any atom is -0.481 e. The highest BCUT2D eigenvalue weighted by Gasteiger charge is 2.43. The molecule has 3 atom stereocenters. The Kier molecular flexibility index (Phi) is 4.10. The Bertz CT molecular complexity index is 456. The van der Waals surface area contributed by atoms with Crippen molar-refractivity contribution in [3.63, 3.8) is 0 Å². The van der Waals surface area contributed by atoms with Gasteiger partial charge in [-0.05, 0) is 55.2 Å². The molecule has 1 aliphatic carbocycles. The van der Waals surface area contributed by atoms with Crippen LogP contribution in [0.5, 0.6) is 0 Å². The van der Waals surface area contributed by atoms with Gasteiger partial charge in [-0.2, -0.15) is 0 Å². The highest BCUT2D eigenvalue weighted by Crippen LogP contribution is 2.46. The zero-order valence-corrected chi connectivity index (χ0v) is 12.4. The second-order valence-electron chi connectivity index (χ2n) is 5.31. The van der Waals surface area contributed by atoms with Gasteiger partial charge in [-0.1, -0.05) is 35.0 Å². The lowest BCUT2D eigenvalue weighted by atomic mass is 9.90. The Labute approximate surface area is 117 Å². The maximum atomic E-state index is 10.9. The van der Waals surface area contributed by atoms with Gasteiger partial charge >= 0.3 is 5.97 Å². The standard InChI is InChI=1S/C15H19BrO2/c1-3-10(7-11-8-13(11)15(17)18)12-5-4-9(2)6-14(12)16/h4-6,10-11,13H,3,7-8H2,1-2H3,(H,17,18). The molecule has 2 nitrogen and oxygen atoms in total. The van der Waals surface area contributed by atoms with E-state index in [4.69, 9.17) is 5.11 Å². The van der Waals surface area contributed by atoms with Gasteiger partial charge in [0.25, 0.3) is 0 Å². The molecule has 0 bridgehead atoms. The van der Waals surface area contributed by atoms with E-state index in [-0.39, 0.29) is 5.92 Å². The third-order valence-corrected chi connectivity index (χ3v) is 4.60. The van der Waals surface area contributed by atoms with E-state index < -0.39 is 5.97 Å². The van der Waals surface area contributed by atoms with Crippen molar-refractivity contribution in [3.8, 4) is 0 Å². The predicted octanol–water partition coefficient (Wildman–Crippen LogP) is 4.36. The quantitative estimate of drug-likeness (QED) is 0.877. The third kappa shape index (κ3) is 2.94. The molecule has 1 aliphatic rings. The fraction of sp³-hybridized carbons (Fsp3) is 0.533. The fourth-order valence-electron chi connectivity index (χ4n) is 2.65. The van der Waals surface area contributed by atoms with Crippen molar-refractivity contribution in [2.24, 2.45) is 11.8 Å². The van der Waals surface area contributed by atoms with Crippen LogP contribution in [0.2, 0.25) is 0 Å². The molecule has 1 fully saturated rings. The molecule has 18 heavy (non-hydrogen) atoms. The molecular formula is C15H19BrO2. The van der Waals surface area contributed by atoms with Crippen molar-refractivity contribution in [2.45, 2.75) is 39.0 Å². The lowest BCUT2D eigenvalue weighted by Crippen LogP contribution is -2.04. The van der Waals surface area contributed by atoms with Gasteiger partial charge in [0.15, 0.2) is 0 Å². The number of hydrogen-bond acceptors (Lipinski definition) is 1. The molecule has 1 saturated carbocycles. The number of rotatable bonds is 5. The van der Waals surface area contributed by atoms with E-state index in [0.29, 0.717) is 11.8 Å². The summed E-state index contributed by atoms with van der Waals surface area (Å²) in [7, 11) is 0. The van der Waals surface area contributed by atoms with Crippen LogP contribution in [-0.2, 0) is 4.79 Å². The van der Waals surface area contributed by atoms with Gasteiger partial charge in [-0.3, -0.25) is 4.79 Å². The molecule has 0 radical (unpaired) electrons. The summed E-state index contributed by atoms with van der Waals surface area (Å²) in [6, 6.07) is 6.44. The van der Waals surface area contributed by atoms with E-state index in [1.807, 2.05) is 0 Å². The summed E-state index contributed by atoms with van der Waals surface area (Å²) in [6.07, 6.45) is 2.91. The zero-order chi connectivity index (χ0) is 13.3. The lowest BCUT2D eigenvalue weighted by Gasteiger charge is -2.17. The van der Waals surface area contributed by atoms with Crippen LogP contribution in [-0.4, -0.2) is 11.1 Å². The summed E-state index contributed by atoms with van der Waals surface area (Å²) in [5.74, 6) is 0.121. The van der Waals surface area contributed by atoms with Gasteiger partial charge in [0.05, 0.1) is 5.92 Å². The van der Waals surface area contributed by atoms with Crippen molar-refractivity contribution >= 4 is 21.9 Å². The largest absolute Gasteiger partial charge is 0.481 e. The first kappa shape index (κ1) is 13.6. The summed E-state index contributed by atoms with van der Waals surface area (Å²) in [4.78, 5) is 10.9. The summed E-state index contributed by atoms with van der Waals surface area (Å²) in [6.45, 7) is 4.26. The summed E-state index contributed by atoms with van der Waals surface area (Å²) >= 11 is 3.63. The smallest absolute Gasteiger partial charge is 0.306 e. The Morgan fingerprint density at radius 3 is 2.78 bits per heavy atom. The number of carboxylic acid groups (broad SMARTS) is 1. The van der Waals surface area contributed by atoms with E-state index in [1.165, 1.54) is 11.1 Å². The van der Waals surface area contributed by atoms with E-state index in [1.54, 1.807) is 0 Å². The predicted molar refractivity (Wildman–Crippen MR) is 75.8 cm³/mol. The van der Waals surface area contributed by atoms with Crippen molar-refractivity contribution < 1.29 is 9.90 Å². The molecule has 0 heterocycles. The topological polar surface area (TPSA) is 37.3 Å². The Hall–Kier alpha value is -0.830. The molecule has 3 unspecified atom stereocenters.